The largest absolute Gasteiger partial charge is 0.387 e. The molecule has 4 heteroatoms. The molecule has 0 aromatic carbocycles. The number of hydrogen-bond acceptors (Lipinski definition) is 2. The highest BCUT2D eigenvalue weighted by Gasteiger charge is 2.16. The molecule has 0 radical (unpaired) electrons. The van der Waals surface area contributed by atoms with Crippen LogP contribution in [0.1, 0.15) is 31.2 Å². The van der Waals surface area contributed by atoms with Gasteiger partial charge in [0.2, 0.25) is 0 Å². The standard InChI is InChI=1S/C11H18N4/c1-8(11(12)13)6-15-7-14-9-4-2-3-5-10(9)15/h7-8H,2-6H2,1H3,(H3,12,13). The molecule has 1 heterocycles. The summed E-state index contributed by atoms with van der Waals surface area (Å²) in [7, 11) is 0. The van der Waals surface area contributed by atoms with Crippen molar-refractivity contribution in [3.63, 3.8) is 0 Å². The van der Waals surface area contributed by atoms with E-state index in [1.807, 2.05) is 13.3 Å². The quantitative estimate of drug-likeness (QED) is 0.578. The van der Waals surface area contributed by atoms with Crippen LogP contribution < -0.4 is 5.73 Å². The second kappa shape index (κ2) is 4.04. The van der Waals surface area contributed by atoms with Crippen molar-refractivity contribution in [1.29, 1.82) is 5.41 Å². The zero-order chi connectivity index (χ0) is 10.8. The molecule has 2 rings (SSSR count). The molecule has 0 saturated heterocycles. The third-order valence-corrected chi connectivity index (χ3v) is 3.11. The molecule has 1 aliphatic carbocycles. The van der Waals surface area contributed by atoms with Gasteiger partial charge in [-0.15, -0.1) is 0 Å². The highest BCUT2D eigenvalue weighted by Crippen LogP contribution is 2.20. The lowest BCUT2D eigenvalue weighted by molar-refractivity contribution is 0.550. The monoisotopic (exact) mass is 206 g/mol. The normalized spacial score (nSPS) is 17.1. The number of nitrogens with zero attached hydrogens (tertiary/aromatic N) is 2. The van der Waals surface area contributed by atoms with Crippen molar-refractivity contribution >= 4 is 5.84 Å². The molecular weight excluding hydrogens is 188 g/mol. The second-order valence-corrected chi connectivity index (χ2v) is 4.35. The highest BCUT2D eigenvalue weighted by atomic mass is 15.1. The highest BCUT2D eigenvalue weighted by molar-refractivity contribution is 5.79. The maximum Gasteiger partial charge on any atom is 0.0952 e. The minimum absolute atomic E-state index is 0.102. The first kappa shape index (κ1) is 10.2. The van der Waals surface area contributed by atoms with Crippen LogP contribution in [0.25, 0.3) is 0 Å². The van der Waals surface area contributed by atoms with E-state index >= 15 is 0 Å². The predicted octanol–water partition coefficient (Wildman–Crippen LogP) is 1.33. The van der Waals surface area contributed by atoms with Crippen molar-refractivity contribution in [2.75, 3.05) is 0 Å². The third kappa shape index (κ3) is 2.03. The van der Waals surface area contributed by atoms with Gasteiger partial charge in [-0.3, -0.25) is 5.41 Å². The first-order chi connectivity index (χ1) is 7.18. The van der Waals surface area contributed by atoms with Gasteiger partial charge in [-0.2, -0.15) is 0 Å². The topological polar surface area (TPSA) is 67.7 Å². The molecule has 1 aromatic rings. The number of amidine groups is 1. The zero-order valence-electron chi connectivity index (χ0n) is 9.16. The van der Waals surface area contributed by atoms with Crippen LogP contribution in [-0.4, -0.2) is 15.4 Å². The van der Waals surface area contributed by atoms with E-state index in [-0.39, 0.29) is 11.8 Å². The smallest absolute Gasteiger partial charge is 0.0952 e. The lowest BCUT2D eigenvalue weighted by atomic mass is 10.0. The Kier molecular flexibility index (Phi) is 2.75. The molecule has 4 nitrogen and oxygen atoms in total. The van der Waals surface area contributed by atoms with Gasteiger partial charge in [-0.25, -0.2) is 4.98 Å². The van der Waals surface area contributed by atoms with Gasteiger partial charge in [0.25, 0.3) is 0 Å². The molecule has 0 saturated carbocycles. The summed E-state index contributed by atoms with van der Waals surface area (Å²) in [6.45, 7) is 2.77. The molecule has 1 aliphatic rings. The van der Waals surface area contributed by atoms with E-state index < -0.39 is 0 Å². The van der Waals surface area contributed by atoms with Gasteiger partial charge >= 0.3 is 0 Å². The minimum Gasteiger partial charge on any atom is -0.387 e. The van der Waals surface area contributed by atoms with Crippen LogP contribution in [0.3, 0.4) is 0 Å². The lowest BCUT2D eigenvalue weighted by Gasteiger charge is -2.16. The van der Waals surface area contributed by atoms with Crippen LogP contribution in [-0.2, 0) is 19.4 Å². The van der Waals surface area contributed by atoms with Gasteiger partial charge in [0.05, 0.1) is 17.9 Å². The zero-order valence-corrected chi connectivity index (χ0v) is 9.16. The Balaban J connectivity index is 2.15. The number of rotatable bonds is 3. The Labute approximate surface area is 90.0 Å². The van der Waals surface area contributed by atoms with Crippen LogP contribution >= 0.6 is 0 Å². The van der Waals surface area contributed by atoms with E-state index in [9.17, 15) is 0 Å². The number of nitrogens with two attached hydrogens (primary N) is 1. The fourth-order valence-corrected chi connectivity index (χ4v) is 2.08. The molecular formula is C11H18N4. The molecule has 1 unspecified atom stereocenters. The average Bonchev–Trinajstić information content (AvgIpc) is 2.62. The Morgan fingerprint density at radius 3 is 3.07 bits per heavy atom. The van der Waals surface area contributed by atoms with Crippen LogP contribution in [0.15, 0.2) is 6.33 Å². The summed E-state index contributed by atoms with van der Waals surface area (Å²) in [5, 5.41) is 7.39. The maximum atomic E-state index is 7.39. The first-order valence-corrected chi connectivity index (χ1v) is 5.55. The van der Waals surface area contributed by atoms with Gasteiger partial charge in [-0.05, 0) is 25.7 Å². The van der Waals surface area contributed by atoms with E-state index in [2.05, 4.69) is 9.55 Å². The average molecular weight is 206 g/mol. The number of hydrogen-bond donors (Lipinski definition) is 2. The first-order valence-electron chi connectivity index (χ1n) is 5.55. The van der Waals surface area contributed by atoms with E-state index in [0.29, 0.717) is 0 Å². The number of aromatic nitrogens is 2. The molecule has 82 valence electrons. The molecule has 0 amide bonds. The van der Waals surface area contributed by atoms with Gasteiger partial charge in [0.1, 0.15) is 0 Å². The fourth-order valence-electron chi connectivity index (χ4n) is 2.08. The minimum atomic E-state index is 0.102. The summed E-state index contributed by atoms with van der Waals surface area (Å²) < 4.78 is 2.17. The third-order valence-electron chi connectivity index (χ3n) is 3.11. The van der Waals surface area contributed by atoms with Crippen molar-refractivity contribution in [2.45, 2.75) is 39.2 Å². The second-order valence-electron chi connectivity index (χ2n) is 4.35. The summed E-state index contributed by atoms with van der Waals surface area (Å²) in [6, 6.07) is 0. The van der Waals surface area contributed by atoms with E-state index in [1.165, 1.54) is 24.2 Å². The number of aryl methyl sites for hydroxylation is 1. The number of fused-ring (bicyclic) bond motifs is 1. The summed E-state index contributed by atoms with van der Waals surface area (Å²) >= 11 is 0. The van der Waals surface area contributed by atoms with Crippen molar-refractivity contribution in [3.05, 3.63) is 17.7 Å². The summed E-state index contributed by atoms with van der Waals surface area (Å²) in [5.74, 6) is 0.360. The summed E-state index contributed by atoms with van der Waals surface area (Å²) in [4.78, 5) is 4.42. The summed E-state index contributed by atoms with van der Waals surface area (Å²) in [5.41, 5.74) is 8.08. The van der Waals surface area contributed by atoms with Crippen molar-refractivity contribution in [3.8, 4) is 0 Å². The van der Waals surface area contributed by atoms with Gasteiger partial charge in [0.15, 0.2) is 0 Å². The molecule has 0 bridgehead atoms. The van der Waals surface area contributed by atoms with Crippen molar-refractivity contribution < 1.29 is 0 Å². The van der Waals surface area contributed by atoms with Crippen molar-refractivity contribution in [2.24, 2.45) is 11.7 Å². The molecule has 0 aliphatic heterocycles. The molecule has 1 atom stereocenters. The molecule has 15 heavy (non-hydrogen) atoms. The van der Waals surface area contributed by atoms with E-state index in [1.54, 1.807) is 0 Å². The Bertz CT molecular complexity index is 367. The van der Waals surface area contributed by atoms with Crippen LogP contribution in [0.4, 0.5) is 0 Å². The predicted molar refractivity (Wildman–Crippen MR) is 59.9 cm³/mol. The van der Waals surface area contributed by atoms with Crippen LogP contribution in [0, 0.1) is 11.3 Å². The Hall–Kier alpha value is -1.32. The Morgan fingerprint density at radius 2 is 2.33 bits per heavy atom. The number of nitrogens with one attached hydrogen (secondary N) is 1. The van der Waals surface area contributed by atoms with Crippen LogP contribution in [0.5, 0.6) is 0 Å². The SMILES string of the molecule is CC(Cn1cnc2c1CCCC2)C(=N)N. The van der Waals surface area contributed by atoms with Gasteiger partial charge in [0, 0.05) is 18.2 Å². The summed E-state index contributed by atoms with van der Waals surface area (Å²) in [6.07, 6.45) is 6.64. The molecule has 0 spiro atoms. The fraction of sp³-hybridized carbons (Fsp3) is 0.636. The van der Waals surface area contributed by atoms with Gasteiger partial charge in [-0.1, -0.05) is 6.92 Å². The number of imidazole rings is 1. The van der Waals surface area contributed by atoms with Crippen molar-refractivity contribution in [1.82, 2.24) is 9.55 Å². The van der Waals surface area contributed by atoms with E-state index in [4.69, 9.17) is 11.1 Å². The molecule has 1 aromatic heterocycles. The van der Waals surface area contributed by atoms with E-state index in [0.717, 1.165) is 19.4 Å². The molecule has 3 N–H and O–H groups in total. The Morgan fingerprint density at radius 1 is 1.60 bits per heavy atom. The van der Waals surface area contributed by atoms with Crippen LogP contribution in [0.2, 0.25) is 0 Å². The maximum absolute atomic E-state index is 7.39. The lowest BCUT2D eigenvalue weighted by Crippen LogP contribution is -2.24. The molecule has 0 fully saturated rings. The van der Waals surface area contributed by atoms with Gasteiger partial charge < -0.3 is 10.3 Å².